The number of benzene rings is 3. The second-order valence-corrected chi connectivity index (χ2v) is 6.69. The summed E-state index contributed by atoms with van der Waals surface area (Å²) in [5.41, 5.74) is 3.20. The third-order valence-corrected chi connectivity index (χ3v) is 4.75. The summed E-state index contributed by atoms with van der Waals surface area (Å²) >= 11 is 1.12. The molecule has 140 valence electrons. The van der Waals surface area contributed by atoms with Crippen LogP contribution in [0.2, 0.25) is 0 Å². The summed E-state index contributed by atoms with van der Waals surface area (Å²) < 4.78 is 24.3. The largest absolute Gasteiger partial charge is 0.435 e. The molecule has 1 heterocycles. The Morgan fingerprint density at radius 3 is 2.18 bits per heavy atom. The van der Waals surface area contributed by atoms with Crippen LogP contribution in [0.3, 0.4) is 0 Å². The molecule has 0 bridgehead atoms. The number of hydrogen-bond donors (Lipinski definition) is 0. The van der Waals surface area contributed by atoms with E-state index in [2.05, 4.69) is 4.89 Å². The van der Waals surface area contributed by atoms with E-state index in [0.29, 0.717) is 17.3 Å². The molecule has 0 aliphatic rings. The van der Waals surface area contributed by atoms with Gasteiger partial charge in [0.1, 0.15) is 11.5 Å². The zero-order chi connectivity index (χ0) is 19.3. The van der Waals surface area contributed by atoms with E-state index >= 15 is 0 Å². The van der Waals surface area contributed by atoms with Gasteiger partial charge in [-0.05, 0) is 48.5 Å². The zero-order valence-corrected chi connectivity index (χ0v) is 15.8. The number of aromatic nitrogens is 1. The highest BCUT2D eigenvalue weighted by molar-refractivity contribution is 7.94. The van der Waals surface area contributed by atoms with Gasteiger partial charge in [0.15, 0.2) is 5.76 Å². The van der Waals surface area contributed by atoms with Crippen LogP contribution in [0, 0.1) is 5.82 Å². The molecule has 4 aromatic rings. The van der Waals surface area contributed by atoms with Crippen molar-refractivity contribution < 1.29 is 18.0 Å². The molecule has 0 aliphatic carbocycles. The van der Waals surface area contributed by atoms with Gasteiger partial charge in [-0.25, -0.2) is 14.3 Å². The van der Waals surface area contributed by atoms with Crippen molar-refractivity contribution in [3.63, 3.8) is 0 Å². The fraction of sp³-hybridized carbons (Fsp3) is 0.0455. The Morgan fingerprint density at radius 2 is 1.50 bits per heavy atom. The molecule has 28 heavy (non-hydrogen) atoms. The number of oxazole rings is 1. The van der Waals surface area contributed by atoms with Gasteiger partial charge in [-0.2, -0.15) is 4.33 Å². The van der Waals surface area contributed by atoms with Crippen LogP contribution in [0.1, 0.15) is 0 Å². The van der Waals surface area contributed by atoms with Gasteiger partial charge in [0.05, 0.1) is 19.2 Å². The fourth-order valence-corrected chi connectivity index (χ4v) is 3.15. The van der Waals surface area contributed by atoms with Gasteiger partial charge in [-0.1, -0.05) is 30.3 Å². The van der Waals surface area contributed by atoms with Crippen LogP contribution in [0.5, 0.6) is 0 Å². The normalized spacial score (nSPS) is 10.9. The molecule has 0 atom stereocenters. The average molecular weight is 393 g/mol. The van der Waals surface area contributed by atoms with E-state index in [1.54, 1.807) is 12.1 Å². The minimum atomic E-state index is -0.299. The van der Waals surface area contributed by atoms with Crippen LogP contribution in [0.15, 0.2) is 88.2 Å². The number of halogens is 1. The van der Waals surface area contributed by atoms with E-state index < -0.39 is 0 Å². The Morgan fingerprint density at radius 1 is 0.821 bits per heavy atom. The predicted octanol–water partition coefficient (Wildman–Crippen LogP) is 6.40. The maximum absolute atomic E-state index is 13.4. The summed E-state index contributed by atoms with van der Waals surface area (Å²) in [6.45, 7) is 0. The second-order valence-electron chi connectivity index (χ2n) is 5.91. The standard InChI is InChI=1S/C22H16FNO3S/c1-25-27-28-19-13-9-15(10-14-19)20-21(16-7-11-18(23)12-8-16)26-22(24-20)17-5-3-2-4-6-17/h2-14H,1H3. The van der Waals surface area contributed by atoms with Crippen molar-refractivity contribution >= 4 is 12.0 Å². The first kappa shape index (κ1) is 18.4. The summed E-state index contributed by atoms with van der Waals surface area (Å²) in [7, 11) is 1.46. The molecule has 6 heteroatoms. The molecular formula is C22H16FNO3S. The zero-order valence-electron chi connectivity index (χ0n) is 15.0. The van der Waals surface area contributed by atoms with Gasteiger partial charge in [0, 0.05) is 21.6 Å². The lowest BCUT2D eigenvalue weighted by Gasteiger charge is -2.03. The molecule has 0 spiro atoms. The van der Waals surface area contributed by atoms with Crippen molar-refractivity contribution in [2.24, 2.45) is 0 Å². The molecule has 4 nitrogen and oxygen atoms in total. The van der Waals surface area contributed by atoms with E-state index in [4.69, 9.17) is 13.7 Å². The maximum atomic E-state index is 13.4. The lowest BCUT2D eigenvalue weighted by atomic mass is 10.1. The van der Waals surface area contributed by atoms with Gasteiger partial charge in [0.2, 0.25) is 5.89 Å². The highest BCUT2D eigenvalue weighted by Crippen LogP contribution is 2.36. The average Bonchev–Trinajstić information content (AvgIpc) is 3.19. The van der Waals surface area contributed by atoms with Crippen LogP contribution in [0.25, 0.3) is 34.0 Å². The first-order chi connectivity index (χ1) is 13.7. The van der Waals surface area contributed by atoms with E-state index in [1.165, 1.54) is 19.2 Å². The van der Waals surface area contributed by atoms with Gasteiger partial charge in [-0.3, -0.25) is 0 Å². The first-order valence-corrected chi connectivity index (χ1v) is 9.29. The molecular weight excluding hydrogens is 377 g/mol. The molecule has 0 saturated heterocycles. The highest BCUT2D eigenvalue weighted by Gasteiger charge is 2.18. The second kappa shape index (κ2) is 8.39. The van der Waals surface area contributed by atoms with Crippen LogP contribution in [0.4, 0.5) is 4.39 Å². The molecule has 0 amide bonds. The Kier molecular flexibility index (Phi) is 5.53. The summed E-state index contributed by atoms with van der Waals surface area (Å²) in [5.74, 6) is 0.802. The summed E-state index contributed by atoms with van der Waals surface area (Å²) in [6, 6.07) is 23.5. The van der Waals surface area contributed by atoms with Gasteiger partial charge < -0.3 is 4.42 Å². The maximum Gasteiger partial charge on any atom is 0.227 e. The molecule has 1 aromatic heterocycles. The van der Waals surface area contributed by atoms with Crippen molar-refractivity contribution in [1.82, 2.24) is 4.98 Å². The van der Waals surface area contributed by atoms with Crippen LogP contribution in [-0.2, 0) is 9.22 Å². The molecule has 0 unspecified atom stereocenters. The fourth-order valence-electron chi connectivity index (χ4n) is 2.76. The third kappa shape index (κ3) is 3.99. The van der Waals surface area contributed by atoms with Crippen molar-refractivity contribution in [3.8, 4) is 34.0 Å². The molecule has 0 N–H and O–H groups in total. The predicted molar refractivity (Wildman–Crippen MR) is 107 cm³/mol. The quantitative estimate of drug-likeness (QED) is 0.215. The van der Waals surface area contributed by atoms with Gasteiger partial charge in [-0.15, -0.1) is 0 Å². The number of rotatable bonds is 6. The smallest absolute Gasteiger partial charge is 0.227 e. The Labute approximate surface area is 166 Å². The molecule has 0 fully saturated rings. The molecule has 0 aliphatic heterocycles. The third-order valence-electron chi connectivity index (χ3n) is 4.08. The number of hydrogen-bond acceptors (Lipinski definition) is 5. The topological polar surface area (TPSA) is 44.5 Å². The summed E-state index contributed by atoms with van der Waals surface area (Å²) in [6.07, 6.45) is 0. The SMILES string of the molecule is COOSc1ccc(-c2nc(-c3ccccc3)oc2-c2ccc(F)cc2)cc1. The van der Waals surface area contributed by atoms with E-state index in [1.807, 2.05) is 54.6 Å². The Balaban J connectivity index is 1.78. The molecule has 3 aromatic carbocycles. The Hall–Kier alpha value is -2.93. The van der Waals surface area contributed by atoms with Crippen LogP contribution < -0.4 is 0 Å². The van der Waals surface area contributed by atoms with Crippen molar-refractivity contribution in [2.75, 3.05) is 7.11 Å². The van der Waals surface area contributed by atoms with Gasteiger partial charge in [0.25, 0.3) is 0 Å². The first-order valence-electron chi connectivity index (χ1n) is 8.54. The van der Waals surface area contributed by atoms with Crippen molar-refractivity contribution in [3.05, 3.63) is 84.7 Å². The lowest BCUT2D eigenvalue weighted by Crippen LogP contribution is -1.84. The monoisotopic (exact) mass is 393 g/mol. The minimum absolute atomic E-state index is 0.299. The summed E-state index contributed by atoms with van der Waals surface area (Å²) in [5, 5.41) is 0. The summed E-state index contributed by atoms with van der Waals surface area (Å²) in [4.78, 5) is 10.2. The molecule has 4 rings (SSSR count). The minimum Gasteiger partial charge on any atom is -0.435 e. The van der Waals surface area contributed by atoms with E-state index in [9.17, 15) is 4.39 Å². The van der Waals surface area contributed by atoms with Gasteiger partial charge >= 0.3 is 0 Å². The lowest BCUT2D eigenvalue weighted by molar-refractivity contribution is -0.160. The van der Waals surface area contributed by atoms with Crippen molar-refractivity contribution in [1.29, 1.82) is 0 Å². The van der Waals surface area contributed by atoms with E-state index in [-0.39, 0.29) is 5.82 Å². The van der Waals surface area contributed by atoms with Crippen LogP contribution >= 0.6 is 12.0 Å². The Bertz CT molecular complexity index is 1050. The van der Waals surface area contributed by atoms with Crippen LogP contribution in [-0.4, -0.2) is 12.1 Å². The van der Waals surface area contributed by atoms with E-state index in [0.717, 1.165) is 33.6 Å². The molecule has 0 radical (unpaired) electrons. The van der Waals surface area contributed by atoms with Crippen molar-refractivity contribution in [2.45, 2.75) is 4.90 Å². The molecule has 0 saturated carbocycles. The highest BCUT2D eigenvalue weighted by atomic mass is 32.2. The number of nitrogens with zero attached hydrogens (tertiary/aromatic N) is 1.